The number of ether oxygens (including phenoxy) is 2. The molecule has 0 radical (unpaired) electrons. The van der Waals surface area contributed by atoms with E-state index in [1.165, 1.54) is 30.4 Å². The number of rotatable bonds is 2. The molecule has 0 aromatic heterocycles. The number of hydrogen-bond donors (Lipinski definition) is 0. The van der Waals surface area contributed by atoms with E-state index in [9.17, 15) is 0 Å². The molecule has 1 spiro atoms. The highest BCUT2D eigenvalue weighted by atomic mass is 16.5. The number of hydrogen-bond acceptors (Lipinski definition) is 2. The van der Waals surface area contributed by atoms with Gasteiger partial charge in [0.1, 0.15) is 11.9 Å². The summed E-state index contributed by atoms with van der Waals surface area (Å²) < 4.78 is 12.1. The second kappa shape index (κ2) is 4.58. The van der Waals surface area contributed by atoms with Gasteiger partial charge in [0.05, 0.1) is 12.2 Å². The Morgan fingerprint density at radius 1 is 1.28 bits per heavy atom. The molecule has 1 aromatic rings. The molecule has 0 bridgehead atoms. The molecule has 2 aliphatic rings. The SMILES string of the molecule is Cc1ccc(OC2CCOC3(CCC3)C2)c(C)c1. The van der Waals surface area contributed by atoms with Crippen LogP contribution in [0.4, 0.5) is 0 Å². The van der Waals surface area contributed by atoms with Crippen molar-refractivity contribution in [3.8, 4) is 5.75 Å². The molecule has 2 nitrogen and oxygen atoms in total. The van der Waals surface area contributed by atoms with Crippen molar-refractivity contribution >= 4 is 0 Å². The first-order valence-corrected chi connectivity index (χ1v) is 7.05. The van der Waals surface area contributed by atoms with Crippen LogP contribution in [-0.4, -0.2) is 18.3 Å². The highest BCUT2D eigenvalue weighted by Crippen LogP contribution is 2.43. The minimum absolute atomic E-state index is 0.168. The van der Waals surface area contributed by atoms with Crippen molar-refractivity contribution in [2.75, 3.05) is 6.61 Å². The largest absolute Gasteiger partial charge is 0.490 e. The van der Waals surface area contributed by atoms with E-state index in [0.717, 1.165) is 25.2 Å². The Morgan fingerprint density at radius 2 is 2.11 bits per heavy atom. The van der Waals surface area contributed by atoms with Gasteiger partial charge in [-0.05, 0) is 44.7 Å². The maximum Gasteiger partial charge on any atom is 0.122 e. The summed E-state index contributed by atoms with van der Waals surface area (Å²) in [6.45, 7) is 5.10. The monoisotopic (exact) mass is 246 g/mol. The second-order valence-corrected chi connectivity index (χ2v) is 5.89. The summed E-state index contributed by atoms with van der Waals surface area (Å²) in [5.41, 5.74) is 2.70. The summed E-state index contributed by atoms with van der Waals surface area (Å²) in [5, 5.41) is 0. The molecule has 1 atom stereocenters. The van der Waals surface area contributed by atoms with Crippen molar-refractivity contribution in [1.82, 2.24) is 0 Å². The fraction of sp³-hybridized carbons (Fsp3) is 0.625. The summed E-state index contributed by atoms with van der Waals surface area (Å²) in [7, 11) is 0. The van der Waals surface area contributed by atoms with Crippen LogP contribution in [0.15, 0.2) is 18.2 Å². The normalized spacial score (nSPS) is 25.8. The Balaban J connectivity index is 1.68. The zero-order valence-electron chi connectivity index (χ0n) is 11.4. The van der Waals surface area contributed by atoms with E-state index in [1.54, 1.807) is 0 Å². The highest BCUT2D eigenvalue weighted by Gasteiger charge is 2.43. The molecule has 18 heavy (non-hydrogen) atoms. The summed E-state index contributed by atoms with van der Waals surface area (Å²) in [5.74, 6) is 1.04. The first kappa shape index (κ1) is 12.0. The van der Waals surface area contributed by atoms with Gasteiger partial charge in [-0.25, -0.2) is 0 Å². The lowest BCUT2D eigenvalue weighted by Gasteiger charge is -2.47. The summed E-state index contributed by atoms with van der Waals surface area (Å²) in [4.78, 5) is 0. The number of aryl methyl sites for hydroxylation is 2. The van der Waals surface area contributed by atoms with E-state index in [0.29, 0.717) is 6.10 Å². The molecule has 0 N–H and O–H groups in total. The molecule has 1 saturated carbocycles. The fourth-order valence-electron chi connectivity index (χ4n) is 3.11. The van der Waals surface area contributed by atoms with Crippen LogP contribution in [0.2, 0.25) is 0 Å². The number of benzene rings is 1. The predicted octanol–water partition coefficient (Wildman–Crippen LogP) is 3.78. The van der Waals surface area contributed by atoms with E-state index in [2.05, 4.69) is 32.0 Å². The Hall–Kier alpha value is -1.02. The molecule has 1 unspecified atom stereocenters. The Morgan fingerprint density at radius 3 is 2.78 bits per heavy atom. The standard InChI is InChI=1S/C16H22O2/c1-12-4-5-15(13(2)10-12)18-14-6-9-17-16(11-14)7-3-8-16/h4-5,10,14H,3,6-9,11H2,1-2H3. The molecule has 0 amide bonds. The minimum atomic E-state index is 0.168. The Bertz CT molecular complexity index is 435. The molecule has 1 heterocycles. The molecule has 2 fully saturated rings. The third-order valence-electron chi connectivity index (χ3n) is 4.34. The highest BCUT2D eigenvalue weighted by molar-refractivity contribution is 5.35. The Kier molecular flexibility index (Phi) is 3.06. The summed E-state index contributed by atoms with van der Waals surface area (Å²) in [6, 6.07) is 6.42. The van der Waals surface area contributed by atoms with Crippen LogP contribution in [-0.2, 0) is 4.74 Å². The van der Waals surface area contributed by atoms with Gasteiger partial charge in [-0.3, -0.25) is 0 Å². The lowest BCUT2D eigenvalue weighted by Crippen LogP contribution is -2.48. The van der Waals surface area contributed by atoms with Crippen molar-refractivity contribution in [2.24, 2.45) is 0 Å². The Labute approximate surface area is 109 Å². The van der Waals surface area contributed by atoms with Gasteiger partial charge < -0.3 is 9.47 Å². The van der Waals surface area contributed by atoms with Gasteiger partial charge in [0.2, 0.25) is 0 Å². The minimum Gasteiger partial charge on any atom is -0.490 e. The third-order valence-corrected chi connectivity index (χ3v) is 4.34. The van der Waals surface area contributed by atoms with Crippen LogP contribution in [0.3, 0.4) is 0 Å². The smallest absolute Gasteiger partial charge is 0.122 e. The van der Waals surface area contributed by atoms with Crippen LogP contribution in [0.1, 0.15) is 43.2 Å². The molecule has 3 rings (SSSR count). The van der Waals surface area contributed by atoms with E-state index >= 15 is 0 Å². The molecule has 2 heteroatoms. The van der Waals surface area contributed by atoms with Gasteiger partial charge in [0.15, 0.2) is 0 Å². The average molecular weight is 246 g/mol. The van der Waals surface area contributed by atoms with Crippen LogP contribution in [0, 0.1) is 13.8 Å². The molecule has 1 saturated heterocycles. The maximum atomic E-state index is 6.19. The van der Waals surface area contributed by atoms with Gasteiger partial charge in [-0.1, -0.05) is 17.7 Å². The van der Waals surface area contributed by atoms with Crippen molar-refractivity contribution in [2.45, 2.75) is 57.7 Å². The van der Waals surface area contributed by atoms with Gasteiger partial charge in [-0.15, -0.1) is 0 Å². The van der Waals surface area contributed by atoms with Crippen LogP contribution >= 0.6 is 0 Å². The van der Waals surface area contributed by atoms with E-state index in [4.69, 9.17) is 9.47 Å². The van der Waals surface area contributed by atoms with Gasteiger partial charge in [0.25, 0.3) is 0 Å². The molecular weight excluding hydrogens is 224 g/mol. The molecule has 98 valence electrons. The van der Waals surface area contributed by atoms with Crippen molar-refractivity contribution < 1.29 is 9.47 Å². The first-order valence-electron chi connectivity index (χ1n) is 7.05. The van der Waals surface area contributed by atoms with Gasteiger partial charge >= 0.3 is 0 Å². The quantitative estimate of drug-likeness (QED) is 0.790. The van der Waals surface area contributed by atoms with Crippen molar-refractivity contribution in [3.63, 3.8) is 0 Å². The van der Waals surface area contributed by atoms with Gasteiger partial charge in [0, 0.05) is 12.8 Å². The molecular formula is C16H22O2. The van der Waals surface area contributed by atoms with Crippen LogP contribution in [0.25, 0.3) is 0 Å². The van der Waals surface area contributed by atoms with E-state index in [1.807, 2.05) is 0 Å². The predicted molar refractivity (Wildman–Crippen MR) is 72.1 cm³/mol. The topological polar surface area (TPSA) is 18.5 Å². The van der Waals surface area contributed by atoms with Crippen LogP contribution in [0.5, 0.6) is 5.75 Å². The van der Waals surface area contributed by atoms with Crippen molar-refractivity contribution in [1.29, 1.82) is 0 Å². The fourth-order valence-corrected chi connectivity index (χ4v) is 3.11. The van der Waals surface area contributed by atoms with E-state index < -0.39 is 0 Å². The third kappa shape index (κ3) is 2.26. The van der Waals surface area contributed by atoms with Crippen LogP contribution < -0.4 is 4.74 Å². The maximum absolute atomic E-state index is 6.19. The molecule has 1 aromatic carbocycles. The van der Waals surface area contributed by atoms with Gasteiger partial charge in [-0.2, -0.15) is 0 Å². The zero-order chi connectivity index (χ0) is 12.6. The second-order valence-electron chi connectivity index (χ2n) is 5.89. The lowest BCUT2D eigenvalue weighted by molar-refractivity contribution is -0.153. The molecule has 1 aliphatic carbocycles. The van der Waals surface area contributed by atoms with E-state index in [-0.39, 0.29) is 5.60 Å². The average Bonchev–Trinajstić information content (AvgIpc) is 2.31. The molecule has 1 aliphatic heterocycles. The zero-order valence-corrected chi connectivity index (χ0v) is 11.4. The summed E-state index contributed by atoms with van der Waals surface area (Å²) in [6.07, 6.45) is 6.19. The lowest BCUT2D eigenvalue weighted by atomic mass is 9.74. The summed E-state index contributed by atoms with van der Waals surface area (Å²) >= 11 is 0. The first-order chi connectivity index (χ1) is 8.67. The van der Waals surface area contributed by atoms with Crippen molar-refractivity contribution in [3.05, 3.63) is 29.3 Å².